The lowest BCUT2D eigenvalue weighted by Crippen LogP contribution is -2.50. The molecule has 1 fully saturated rings. The number of piperidine rings is 1. The standard InChI is InChI=1S/C17H20N4O2S/c22-17-16-14(12-18-19-17)20(13-6-2-3-7-15(13)24-16)8-11-21(23)9-4-1-5-10-21/h2-3,6-7,12H,1,4-5,8-11H2,(H,19,22). The Morgan fingerprint density at radius 2 is 2.00 bits per heavy atom. The number of fused-ring (bicyclic) bond motifs is 2. The van der Waals surface area contributed by atoms with Gasteiger partial charge in [-0.15, -0.1) is 0 Å². The highest BCUT2D eigenvalue weighted by molar-refractivity contribution is 7.99. The summed E-state index contributed by atoms with van der Waals surface area (Å²) in [6.45, 7) is 2.53. The highest BCUT2D eigenvalue weighted by Gasteiger charge is 2.28. The third-order valence-electron chi connectivity index (χ3n) is 4.81. The van der Waals surface area contributed by atoms with Crippen LogP contribution in [0.4, 0.5) is 11.4 Å². The smallest absolute Gasteiger partial charge is 0.280 e. The van der Waals surface area contributed by atoms with Crippen molar-refractivity contribution in [3.8, 4) is 0 Å². The van der Waals surface area contributed by atoms with E-state index in [9.17, 15) is 10.0 Å². The molecular weight excluding hydrogens is 324 g/mol. The number of hydrogen-bond acceptors (Lipinski definition) is 5. The molecule has 3 heterocycles. The maximum atomic E-state index is 12.9. The number of aromatic amines is 1. The second-order valence-electron chi connectivity index (χ2n) is 6.42. The first-order valence-electron chi connectivity index (χ1n) is 8.35. The molecule has 0 aliphatic carbocycles. The molecule has 4 rings (SSSR count). The number of nitrogens with one attached hydrogen (secondary N) is 1. The zero-order valence-electron chi connectivity index (χ0n) is 13.4. The number of hydroxylamine groups is 3. The Bertz CT molecular complexity index is 801. The molecule has 0 radical (unpaired) electrons. The molecular formula is C17H20N4O2S. The summed E-state index contributed by atoms with van der Waals surface area (Å²) in [6, 6.07) is 8.01. The number of para-hydroxylation sites is 1. The Kier molecular flexibility index (Phi) is 4.07. The summed E-state index contributed by atoms with van der Waals surface area (Å²) in [5, 5.41) is 19.3. The van der Waals surface area contributed by atoms with Crippen molar-refractivity contribution in [3.05, 3.63) is 46.0 Å². The lowest BCUT2D eigenvalue weighted by atomic mass is 10.1. The van der Waals surface area contributed by atoms with Gasteiger partial charge in [-0.2, -0.15) is 5.10 Å². The topological polar surface area (TPSA) is 72.0 Å². The molecule has 1 saturated heterocycles. The molecule has 126 valence electrons. The minimum absolute atomic E-state index is 0.127. The predicted molar refractivity (Wildman–Crippen MR) is 94.5 cm³/mol. The predicted octanol–water partition coefficient (Wildman–Crippen LogP) is 2.87. The third-order valence-corrected chi connectivity index (χ3v) is 5.98. The summed E-state index contributed by atoms with van der Waals surface area (Å²) in [6.07, 6.45) is 4.86. The van der Waals surface area contributed by atoms with E-state index in [1.165, 1.54) is 11.8 Å². The minimum atomic E-state index is -0.180. The molecule has 0 saturated carbocycles. The summed E-state index contributed by atoms with van der Waals surface area (Å²) in [7, 11) is 0. The first kappa shape index (κ1) is 15.7. The molecule has 0 amide bonds. The number of H-pyrrole nitrogens is 1. The van der Waals surface area contributed by atoms with E-state index >= 15 is 0 Å². The fourth-order valence-electron chi connectivity index (χ4n) is 3.51. The van der Waals surface area contributed by atoms with Gasteiger partial charge in [0, 0.05) is 4.90 Å². The summed E-state index contributed by atoms with van der Waals surface area (Å²) in [4.78, 5) is 15.9. The Morgan fingerprint density at radius 1 is 1.21 bits per heavy atom. The molecule has 0 bridgehead atoms. The summed E-state index contributed by atoms with van der Waals surface area (Å²) in [5.41, 5.74) is 1.66. The Morgan fingerprint density at radius 3 is 2.83 bits per heavy atom. The van der Waals surface area contributed by atoms with Gasteiger partial charge in [-0.05, 0) is 31.4 Å². The molecule has 0 atom stereocenters. The van der Waals surface area contributed by atoms with Gasteiger partial charge in [-0.3, -0.25) is 4.79 Å². The van der Waals surface area contributed by atoms with Crippen LogP contribution in [0, 0.1) is 5.21 Å². The average molecular weight is 344 g/mol. The first-order chi connectivity index (χ1) is 11.7. The molecule has 2 aromatic rings. The number of hydrogen-bond donors (Lipinski definition) is 1. The highest BCUT2D eigenvalue weighted by atomic mass is 32.2. The quantitative estimate of drug-likeness (QED) is 0.685. The van der Waals surface area contributed by atoms with Crippen molar-refractivity contribution in [2.45, 2.75) is 29.1 Å². The molecule has 7 heteroatoms. The van der Waals surface area contributed by atoms with Gasteiger partial charge in [0.2, 0.25) is 0 Å². The number of aromatic nitrogens is 2. The van der Waals surface area contributed by atoms with Crippen LogP contribution in [-0.4, -0.2) is 41.0 Å². The van der Waals surface area contributed by atoms with Gasteiger partial charge in [-0.1, -0.05) is 23.9 Å². The van der Waals surface area contributed by atoms with Gasteiger partial charge in [-0.25, -0.2) is 5.10 Å². The molecule has 0 spiro atoms. The maximum Gasteiger partial charge on any atom is 0.280 e. The fourth-order valence-corrected chi connectivity index (χ4v) is 4.57. The van der Waals surface area contributed by atoms with Crippen LogP contribution in [0.25, 0.3) is 0 Å². The maximum absolute atomic E-state index is 12.9. The molecule has 1 aromatic carbocycles. The number of quaternary nitrogens is 1. The van der Waals surface area contributed by atoms with E-state index in [0.29, 0.717) is 31.1 Å². The van der Waals surface area contributed by atoms with Gasteiger partial charge in [0.05, 0.1) is 43.8 Å². The lowest BCUT2D eigenvalue weighted by Gasteiger charge is -2.46. The third kappa shape index (κ3) is 2.83. The average Bonchev–Trinajstić information content (AvgIpc) is 2.60. The monoisotopic (exact) mass is 344 g/mol. The number of benzene rings is 1. The van der Waals surface area contributed by atoms with Crippen LogP contribution in [0.5, 0.6) is 0 Å². The van der Waals surface area contributed by atoms with E-state index < -0.39 is 0 Å². The van der Waals surface area contributed by atoms with Crippen LogP contribution in [-0.2, 0) is 0 Å². The molecule has 1 N–H and O–H groups in total. The number of rotatable bonds is 3. The Labute approximate surface area is 144 Å². The van der Waals surface area contributed by atoms with Gasteiger partial charge in [0.15, 0.2) is 0 Å². The van der Waals surface area contributed by atoms with Gasteiger partial charge < -0.3 is 14.8 Å². The molecule has 24 heavy (non-hydrogen) atoms. The van der Waals surface area contributed by atoms with E-state index in [0.717, 1.165) is 35.5 Å². The van der Waals surface area contributed by atoms with Crippen molar-refractivity contribution in [2.75, 3.05) is 31.1 Å². The van der Waals surface area contributed by atoms with Gasteiger partial charge >= 0.3 is 0 Å². The van der Waals surface area contributed by atoms with Crippen molar-refractivity contribution in [3.63, 3.8) is 0 Å². The lowest BCUT2D eigenvalue weighted by molar-refractivity contribution is -0.883. The van der Waals surface area contributed by atoms with Crippen LogP contribution in [0.3, 0.4) is 0 Å². The van der Waals surface area contributed by atoms with Crippen LogP contribution in [0.15, 0.2) is 45.0 Å². The van der Waals surface area contributed by atoms with Crippen molar-refractivity contribution in [1.29, 1.82) is 0 Å². The second kappa shape index (κ2) is 6.23. The molecule has 0 unspecified atom stereocenters. The first-order valence-corrected chi connectivity index (χ1v) is 9.17. The largest absolute Gasteiger partial charge is 0.633 e. The van der Waals surface area contributed by atoms with E-state index in [-0.39, 0.29) is 10.2 Å². The zero-order valence-corrected chi connectivity index (χ0v) is 14.2. The summed E-state index contributed by atoms with van der Waals surface area (Å²) >= 11 is 1.46. The van der Waals surface area contributed by atoms with E-state index in [4.69, 9.17) is 0 Å². The van der Waals surface area contributed by atoms with Crippen LogP contribution < -0.4 is 10.5 Å². The molecule has 6 nitrogen and oxygen atoms in total. The van der Waals surface area contributed by atoms with Crippen molar-refractivity contribution in [2.24, 2.45) is 0 Å². The van der Waals surface area contributed by atoms with Crippen molar-refractivity contribution >= 4 is 23.1 Å². The fraction of sp³-hybridized carbons (Fsp3) is 0.412. The second-order valence-corrected chi connectivity index (χ2v) is 7.48. The van der Waals surface area contributed by atoms with Crippen LogP contribution >= 0.6 is 11.8 Å². The highest BCUT2D eigenvalue weighted by Crippen LogP contribution is 2.45. The number of likely N-dealkylation sites (tertiary alicyclic amines) is 1. The zero-order chi connectivity index (χ0) is 16.6. The summed E-state index contributed by atoms with van der Waals surface area (Å²) < 4.78 is -0.127. The molecule has 2 aliphatic heterocycles. The Balaban J connectivity index is 1.67. The van der Waals surface area contributed by atoms with Gasteiger partial charge in [0.1, 0.15) is 4.90 Å². The van der Waals surface area contributed by atoms with Crippen molar-refractivity contribution < 1.29 is 4.65 Å². The number of anilines is 2. The molecule has 1 aromatic heterocycles. The van der Waals surface area contributed by atoms with Gasteiger partial charge in [0.25, 0.3) is 5.56 Å². The number of nitrogens with zero attached hydrogens (tertiary/aromatic N) is 3. The Hall–Kier alpha value is -1.83. The normalized spacial score (nSPS) is 18.8. The van der Waals surface area contributed by atoms with Crippen LogP contribution in [0.1, 0.15) is 19.3 Å². The molecule has 2 aliphatic rings. The van der Waals surface area contributed by atoms with E-state index in [1.54, 1.807) is 6.20 Å². The SMILES string of the molecule is O=c1[nH]ncc2c1Sc1ccccc1N2CC[N+]1([O-])CCCCC1. The summed E-state index contributed by atoms with van der Waals surface area (Å²) in [5.74, 6) is 0. The van der Waals surface area contributed by atoms with Crippen molar-refractivity contribution in [1.82, 2.24) is 10.2 Å². The van der Waals surface area contributed by atoms with Crippen LogP contribution in [0.2, 0.25) is 0 Å². The van der Waals surface area contributed by atoms with E-state index in [1.807, 2.05) is 24.3 Å². The van der Waals surface area contributed by atoms with E-state index in [2.05, 4.69) is 15.1 Å². The minimum Gasteiger partial charge on any atom is -0.633 e.